The molecule has 7 heteroatoms. The molecule has 1 aromatic rings. The van der Waals surface area contributed by atoms with Gasteiger partial charge in [-0.3, -0.25) is 0 Å². The summed E-state index contributed by atoms with van der Waals surface area (Å²) in [6, 6.07) is 4.83. The van der Waals surface area contributed by atoms with Crippen molar-refractivity contribution in [1.29, 1.82) is 0 Å². The highest BCUT2D eigenvalue weighted by Crippen LogP contribution is 2.31. The summed E-state index contributed by atoms with van der Waals surface area (Å²) in [6.07, 6.45) is 0. The van der Waals surface area contributed by atoms with E-state index < -0.39 is 15.6 Å². The third kappa shape index (κ3) is 2.97. The summed E-state index contributed by atoms with van der Waals surface area (Å²) in [5.41, 5.74) is 0.123. The molecule has 0 atom stereocenters. The number of ether oxygens (including phenoxy) is 1. The Kier molecular flexibility index (Phi) is 4.66. The lowest BCUT2D eigenvalue weighted by atomic mass is 10.1. The fourth-order valence-corrected chi connectivity index (χ4v) is 4.68. The fourth-order valence-electron chi connectivity index (χ4n) is 2.24. The molecule has 0 N–H and O–H groups in total. The maximum Gasteiger partial charge on any atom is 0.245 e. The topological polar surface area (TPSA) is 46.6 Å². The normalized spacial score (nSPS) is 20.0. The minimum atomic E-state index is -3.67. The van der Waals surface area contributed by atoms with Crippen LogP contribution in [-0.2, 0) is 20.6 Å². The van der Waals surface area contributed by atoms with Gasteiger partial charge in [0.25, 0.3) is 0 Å². The highest BCUT2D eigenvalue weighted by molar-refractivity contribution is 7.89. The maximum atomic E-state index is 12.8. The SMILES string of the molecule is CC1(C)COCCN1S(=O)(=O)c1cc(CCl)ccc1Cl. The van der Waals surface area contributed by atoms with Gasteiger partial charge in [0.1, 0.15) is 4.90 Å². The van der Waals surface area contributed by atoms with E-state index in [1.165, 1.54) is 10.4 Å². The number of hydrogen-bond acceptors (Lipinski definition) is 3. The fraction of sp³-hybridized carbons (Fsp3) is 0.538. The molecule has 0 spiro atoms. The van der Waals surface area contributed by atoms with E-state index in [9.17, 15) is 8.42 Å². The third-order valence-corrected chi connectivity index (χ3v) is 6.19. The predicted octanol–water partition coefficient (Wildman–Crippen LogP) is 2.88. The number of halogens is 2. The van der Waals surface area contributed by atoms with Gasteiger partial charge in [0, 0.05) is 12.4 Å². The van der Waals surface area contributed by atoms with Gasteiger partial charge >= 0.3 is 0 Å². The predicted molar refractivity (Wildman–Crippen MR) is 79.8 cm³/mol. The lowest BCUT2D eigenvalue weighted by Gasteiger charge is -2.40. The molecule has 0 radical (unpaired) electrons. The zero-order valence-corrected chi connectivity index (χ0v) is 13.7. The highest BCUT2D eigenvalue weighted by Gasteiger charge is 2.40. The van der Waals surface area contributed by atoms with Crippen molar-refractivity contribution in [3.8, 4) is 0 Å². The van der Waals surface area contributed by atoms with Gasteiger partial charge in [-0.25, -0.2) is 8.42 Å². The molecule has 4 nitrogen and oxygen atoms in total. The monoisotopic (exact) mass is 337 g/mol. The molecule has 0 aromatic heterocycles. The summed E-state index contributed by atoms with van der Waals surface area (Å²) in [5.74, 6) is 0.242. The van der Waals surface area contributed by atoms with Gasteiger partial charge in [0.15, 0.2) is 0 Å². The largest absolute Gasteiger partial charge is 0.378 e. The van der Waals surface area contributed by atoms with Crippen molar-refractivity contribution in [1.82, 2.24) is 4.31 Å². The average Bonchev–Trinajstić information content (AvgIpc) is 2.38. The van der Waals surface area contributed by atoms with Crippen LogP contribution in [0.15, 0.2) is 23.1 Å². The van der Waals surface area contributed by atoms with Crippen LogP contribution in [0.3, 0.4) is 0 Å². The number of nitrogens with zero attached hydrogens (tertiary/aromatic N) is 1. The van der Waals surface area contributed by atoms with Crippen molar-refractivity contribution in [2.75, 3.05) is 19.8 Å². The molecule has 2 rings (SSSR count). The Morgan fingerprint density at radius 1 is 1.40 bits per heavy atom. The van der Waals surface area contributed by atoms with E-state index in [0.29, 0.717) is 19.8 Å². The first-order valence-corrected chi connectivity index (χ1v) is 8.59. The molecule has 1 saturated heterocycles. The molecule has 0 bridgehead atoms. The van der Waals surface area contributed by atoms with Gasteiger partial charge in [0.2, 0.25) is 10.0 Å². The average molecular weight is 338 g/mol. The molecule has 0 saturated carbocycles. The summed E-state index contributed by atoms with van der Waals surface area (Å²) in [7, 11) is -3.67. The molecule has 0 amide bonds. The number of hydrogen-bond donors (Lipinski definition) is 0. The lowest BCUT2D eigenvalue weighted by molar-refractivity contribution is -0.00770. The first-order valence-electron chi connectivity index (χ1n) is 6.24. The summed E-state index contributed by atoms with van der Waals surface area (Å²) in [5, 5.41) is 0.209. The van der Waals surface area contributed by atoms with E-state index in [2.05, 4.69) is 0 Å². The number of alkyl halides is 1. The van der Waals surface area contributed by atoms with E-state index in [1.54, 1.807) is 12.1 Å². The molecule has 0 unspecified atom stereocenters. The molecule has 1 fully saturated rings. The summed E-state index contributed by atoms with van der Waals surface area (Å²) < 4.78 is 32.5. The lowest BCUT2D eigenvalue weighted by Crippen LogP contribution is -2.55. The van der Waals surface area contributed by atoms with Crippen LogP contribution in [0, 0.1) is 0 Å². The Hall–Kier alpha value is -0.330. The Balaban J connectivity index is 2.49. The summed E-state index contributed by atoms with van der Waals surface area (Å²) in [6.45, 7) is 4.73. The Morgan fingerprint density at radius 3 is 2.70 bits per heavy atom. The van der Waals surface area contributed by atoms with Crippen LogP contribution in [-0.4, -0.2) is 38.0 Å². The molecular formula is C13H17Cl2NO3S. The van der Waals surface area contributed by atoms with Crippen LogP contribution in [0.2, 0.25) is 5.02 Å². The first kappa shape index (κ1) is 16.0. The van der Waals surface area contributed by atoms with Crippen molar-refractivity contribution in [2.45, 2.75) is 30.2 Å². The van der Waals surface area contributed by atoms with Crippen molar-refractivity contribution in [3.05, 3.63) is 28.8 Å². The molecule has 1 aliphatic rings. The van der Waals surface area contributed by atoms with Crippen LogP contribution >= 0.6 is 23.2 Å². The van der Waals surface area contributed by atoms with Crippen molar-refractivity contribution in [3.63, 3.8) is 0 Å². The summed E-state index contributed by atoms with van der Waals surface area (Å²) >= 11 is 11.8. The van der Waals surface area contributed by atoms with E-state index in [0.717, 1.165) is 5.56 Å². The maximum absolute atomic E-state index is 12.8. The minimum Gasteiger partial charge on any atom is -0.378 e. The van der Waals surface area contributed by atoms with Gasteiger partial charge in [0.05, 0.1) is 23.8 Å². The molecule has 1 aromatic carbocycles. The third-order valence-electron chi connectivity index (χ3n) is 3.29. The van der Waals surface area contributed by atoms with Crippen LogP contribution < -0.4 is 0 Å². The second kappa shape index (κ2) is 5.81. The van der Waals surface area contributed by atoms with Gasteiger partial charge in [-0.05, 0) is 31.5 Å². The standard InChI is InChI=1S/C13H17Cl2NO3S/c1-13(2)9-19-6-5-16(13)20(17,18)12-7-10(8-14)3-4-11(12)15/h3-4,7H,5-6,8-9H2,1-2H3. The number of benzene rings is 1. The van der Waals surface area contributed by atoms with E-state index in [4.69, 9.17) is 27.9 Å². The minimum absolute atomic E-state index is 0.104. The quantitative estimate of drug-likeness (QED) is 0.796. The van der Waals surface area contributed by atoms with Crippen LogP contribution in [0.4, 0.5) is 0 Å². The Bertz CT molecular complexity index is 602. The van der Waals surface area contributed by atoms with E-state index in [1.807, 2.05) is 13.8 Å². The Labute approximate surface area is 129 Å². The molecular weight excluding hydrogens is 321 g/mol. The smallest absolute Gasteiger partial charge is 0.245 e. The zero-order valence-electron chi connectivity index (χ0n) is 11.4. The molecule has 20 heavy (non-hydrogen) atoms. The van der Waals surface area contributed by atoms with Gasteiger partial charge in [-0.2, -0.15) is 4.31 Å². The van der Waals surface area contributed by atoms with Crippen LogP contribution in [0.5, 0.6) is 0 Å². The summed E-state index contributed by atoms with van der Waals surface area (Å²) in [4.78, 5) is 0.104. The van der Waals surface area contributed by atoms with E-state index in [-0.39, 0.29) is 15.8 Å². The number of morpholine rings is 1. The molecule has 1 aliphatic heterocycles. The van der Waals surface area contributed by atoms with Gasteiger partial charge in [-0.15, -0.1) is 11.6 Å². The number of sulfonamides is 1. The van der Waals surface area contributed by atoms with Crippen LogP contribution in [0.25, 0.3) is 0 Å². The van der Waals surface area contributed by atoms with E-state index >= 15 is 0 Å². The van der Waals surface area contributed by atoms with Crippen molar-refractivity contribution in [2.24, 2.45) is 0 Å². The van der Waals surface area contributed by atoms with Crippen molar-refractivity contribution < 1.29 is 13.2 Å². The highest BCUT2D eigenvalue weighted by atomic mass is 35.5. The van der Waals surface area contributed by atoms with Crippen molar-refractivity contribution >= 4 is 33.2 Å². The Morgan fingerprint density at radius 2 is 2.10 bits per heavy atom. The molecule has 0 aliphatic carbocycles. The zero-order chi connectivity index (χ0) is 15.0. The number of rotatable bonds is 3. The second-order valence-corrected chi connectivity index (χ2v) is 7.85. The molecule has 112 valence electrons. The second-order valence-electron chi connectivity index (χ2n) is 5.34. The first-order chi connectivity index (χ1) is 9.29. The molecule has 1 heterocycles. The van der Waals surface area contributed by atoms with Crippen LogP contribution in [0.1, 0.15) is 19.4 Å². The van der Waals surface area contributed by atoms with Gasteiger partial charge in [-0.1, -0.05) is 17.7 Å². The van der Waals surface area contributed by atoms with Gasteiger partial charge < -0.3 is 4.74 Å².